The minimum Gasteiger partial charge on any atom is -0.483 e. The van der Waals surface area contributed by atoms with Crippen LogP contribution in [0.5, 0.6) is 5.75 Å². The Kier molecular flexibility index (Phi) is 8.21. The van der Waals surface area contributed by atoms with E-state index in [0.717, 1.165) is 4.47 Å². The lowest BCUT2D eigenvalue weighted by Crippen LogP contribution is -2.36. The zero-order valence-corrected chi connectivity index (χ0v) is 18.1. The van der Waals surface area contributed by atoms with E-state index >= 15 is 0 Å². The van der Waals surface area contributed by atoms with E-state index in [-0.39, 0.29) is 42.4 Å². The van der Waals surface area contributed by atoms with Crippen molar-refractivity contribution in [3.8, 4) is 5.75 Å². The van der Waals surface area contributed by atoms with Gasteiger partial charge in [0.05, 0.1) is 0 Å². The van der Waals surface area contributed by atoms with Crippen molar-refractivity contribution < 1.29 is 23.9 Å². The van der Waals surface area contributed by atoms with Crippen LogP contribution in [0.2, 0.25) is 0 Å². The number of anilines is 1. The van der Waals surface area contributed by atoms with Gasteiger partial charge in [-0.1, -0.05) is 28.1 Å². The first-order chi connectivity index (χ1) is 13.8. The highest BCUT2D eigenvalue weighted by molar-refractivity contribution is 9.10. The van der Waals surface area contributed by atoms with E-state index in [0.29, 0.717) is 5.69 Å². The molecule has 2 aromatic carbocycles. The molecule has 0 heterocycles. The molecule has 0 saturated carbocycles. The van der Waals surface area contributed by atoms with Crippen molar-refractivity contribution in [3.05, 3.63) is 58.6 Å². The van der Waals surface area contributed by atoms with Crippen molar-refractivity contribution in [3.63, 3.8) is 0 Å². The third-order valence-corrected chi connectivity index (χ3v) is 4.62. The maximum Gasteiger partial charge on any atom is 0.342 e. The third-order valence-electron chi connectivity index (χ3n) is 4.09. The Balaban J connectivity index is 1.93. The Labute approximate surface area is 178 Å². The van der Waals surface area contributed by atoms with Crippen LogP contribution in [0.25, 0.3) is 0 Å². The lowest BCUT2D eigenvalue weighted by Gasteiger charge is -2.21. The number of benzene rings is 2. The van der Waals surface area contributed by atoms with E-state index in [1.807, 2.05) is 13.8 Å². The molecule has 1 N–H and O–H groups in total. The van der Waals surface area contributed by atoms with Crippen LogP contribution in [-0.2, 0) is 14.3 Å². The van der Waals surface area contributed by atoms with Crippen molar-refractivity contribution in [2.75, 3.05) is 25.6 Å². The number of halogens is 1. The van der Waals surface area contributed by atoms with Gasteiger partial charge in [-0.25, -0.2) is 4.79 Å². The number of ether oxygens (including phenoxy) is 2. The topological polar surface area (TPSA) is 84.9 Å². The Morgan fingerprint density at radius 2 is 1.69 bits per heavy atom. The molecule has 0 aliphatic heterocycles. The van der Waals surface area contributed by atoms with Gasteiger partial charge in [0.25, 0.3) is 11.8 Å². The molecule has 0 fully saturated rings. The second kappa shape index (κ2) is 10.6. The van der Waals surface area contributed by atoms with Gasteiger partial charge in [-0.3, -0.25) is 9.59 Å². The van der Waals surface area contributed by atoms with E-state index in [1.165, 1.54) is 11.0 Å². The molecular formula is C21H23BrN2O5. The van der Waals surface area contributed by atoms with Gasteiger partial charge in [0.2, 0.25) is 0 Å². The number of likely N-dealkylation sites (N-methyl/N-ethyl adjacent to an activating group) is 1. The fourth-order valence-corrected chi connectivity index (χ4v) is 2.49. The van der Waals surface area contributed by atoms with Crippen LogP contribution in [0.1, 0.15) is 24.2 Å². The number of hydrogen-bond donors (Lipinski definition) is 1. The van der Waals surface area contributed by atoms with Gasteiger partial charge < -0.3 is 19.7 Å². The Bertz CT molecular complexity index is 868. The van der Waals surface area contributed by atoms with Crippen molar-refractivity contribution in [1.29, 1.82) is 0 Å². The first-order valence-electron chi connectivity index (χ1n) is 8.98. The number of esters is 1. The fraction of sp³-hybridized carbons (Fsp3) is 0.286. The summed E-state index contributed by atoms with van der Waals surface area (Å²) in [6, 6.07) is 13.5. The summed E-state index contributed by atoms with van der Waals surface area (Å²) >= 11 is 3.33. The highest BCUT2D eigenvalue weighted by Crippen LogP contribution is 2.19. The van der Waals surface area contributed by atoms with E-state index in [4.69, 9.17) is 9.47 Å². The second-order valence-corrected chi connectivity index (χ2v) is 7.43. The first kappa shape index (κ1) is 22.4. The summed E-state index contributed by atoms with van der Waals surface area (Å²) in [5.74, 6) is -1.17. The van der Waals surface area contributed by atoms with Crippen LogP contribution in [0.3, 0.4) is 0 Å². The molecule has 7 nitrogen and oxygen atoms in total. The van der Waals surface area contributed by atoms with E-state index in [1.54, 1.807) is 49.5 Å². The molecular weight excluding hydrogens is 440 g/mol. The van der Waals surface area contributed by atoms with E-state index in [9.17, 15) is 14.4 Å². The Morgan fingerprint density at radius 1 is 1.03 bits per heavy atom. The predicted octanol–water partition coefficient (Wildman–Crippen LogP) is 3.49. The Morgan fingerprint density at radius 3 is 2.34 bits per heavy atom. The van der Waals surface area contributed by atoms with Crippen LogP contribution in [-0.4, -0.2) is 49.0 Å². The third kappa shape index (κ3) is 6.90. The van der Waals surface area contributed by atoms with Crippen LogP contribution < -0.4 is 10.1 Å². The fourth-order valence-electron chi connectivity index (χ4n) is 2.23. The van der Waals surface area contributed by atoms with Crippen LogP contribution >= 0.6 is 15.9 Å². The number of amides is 2. The molecule has 0 saturated heterocycles. The average molecular weight is 463 g/mol. The summed E-state index contributed by atoms with van der Waals surface area (Å²) in [5, 5.41) is 2.70. The molecule has 2 amide bonds. The molecule has 0 aromatic heterocycles. The molecule has 29 heavy (non-hydrogen) atoms. The number of nitrogens with zero attached hydrogens (tertiary/aromatic N) is 1. The zero-order valence-electron chi connectivity index (χ0n) is 16.5. The minimum atomic E-state index is -0.695. The van der Waals surface area contributed by atoms with E-state index in [2.05, 4.69) is 21.2 Å². The van der Waals surface area contributed by atoms with Crippen LogP contribution in [0.4, 0.5) is 5.69 Å². The van der Waals surface area contributed by atoms with Crippen molar-refractivity contribution >= 4 is 39.4 Å². The predicted molar refractivity (Wildman–Crippen MR) is 113 cm³/mol. The number of carbonyl (C=O) groups is 3. The number of hydrogen-bond acceptors (Lipinski definition) is 5. The lowest BCUT2D eigenvalue weighted by atomic mass is 10.2. The monoisotopic (exact) mass is 462 g/mol. The zero-order chi connectivity index (χ0) is 21.4. The summed E-state index contributed by atoms with van der Waals surface area (Å²) in [6.07, 6.45) is 0. The normalized spacial score (nSPS) is 10.4. The van der Waals surface area contributed by atoms with Crippen molar-refractivity contribution in [2.45, 2.75) is 19.9 Å². The van der Waals surface area contributed by atoms with Gasteiger partial charge in [0.15, 0.2) is 13.2 Å². The number of carbonyl (C=O) groups excluding carboxylic acids is 3. The SMILES string of the molecule is CC(C)N(C)C(=O)COC(=O)c1ccccc1OCC(=O)Nc1ccc(Br)cc1. The quantitative estimate of drug-likeness (QED) is 0.606. The maximum absolute atomic E-state index is 12.4. The lowest BCUT2D eigenvalue weighted by molar-refractivity contribution is -0.134. The summed E-state index contributed by atoms with van der Waals surface area (Å²) in [5.41, 5.74) is 0.770. The van der Waals surface area contributed by atoms with Gasteiger partial charge in [0.1, 0.15) is 11.3 Å². The van der Waals surface area contributed by atoms with Crippen molar-refractivity contribution in [2.24, 2.45) is 0 Å². The molecule has 0 unspecified atom stereocenters. The highest BCUT2D eigenvalue weighted by atomic mass is 79.9. The van der Waals surface area contributed by atoms with Gasteiger partial charge in [-0.15, -0.1) is 0 Å². The van der Waals surface area contributed by atoms with Crippen LogP contribution in [0, 0.1) is 0 Å². The summed E-state index contributed by atoms with van der Waals surface area (Å²) in [4.78, 5) is 37.9. The first-order valence-corrected chi connectivity index (χ1v) is 9.77. The minimum absolute atomic E-state index is 0.000982. The van der Waals surface area contributed by atoms with Gasteiger partial charge in [-0.05, 0) is 50.2 Å². The van der Waals surface area contributed by atoms with Crippen molar-refractivity contribution in [1.82, 2.24) is 4.90 Å². The number of para-hydroxylation sites is 1. The molecule has 0 bridgehead atoms. The summed E-state index contributed by atoms with van der Waals surface area (Å²) in [7, 11) is 1.64. The largest absolute Gasteiger partial charge is 0.483 e. The number of nitrogens with one attached hydrogen (secondary N) is 1. The molecule has 2 rings (SSSR count). The molecule has 0 atom stereocenters. The van der Waals surface area contributed by atoms with E-state index < -0.39 is 5.97 Å². The molecule has 154 valence electrons. The summed E-state index contributed by atoms with van der Waals surface area (Å²) in [6.45, 7) is 3.08. The molecule has 0 aliphatic carbocycles. The molecule has 8 heteroatoms. The standard InChI is InChI=1S/C21H23BrN2O5/c1-14(2)24(3)20(26)13-29-21(27)17-6-4-5-7-18(17)28-12-19(25)23-16-10-8-15(22)9-11-16/h4-11,14H,12-13H2,1-3H3,(H,23,25). The van der Waals surface area contributed by atoms with Crippen LogP contribution in [0.15, 0.2) is 53.0 Å². The smallest absolute Gasteiger partial charge is 0.342 e. The average Bonchev–Trinajstić information content (AvgIpc) is 2.71. The number of rotatable bonds is 8. The molecule has 2 aromatic rings. The molecule has 0 spiro atoms. The Hall–Kier alpha value is -2.87. The van der Waals surface area contributed by atoms with Gasteiger partial charge in [0, 0.05) is 23.2 Å². The van der Waals surface area contributed by atoms with Gasteiger partial charge in [-0.2, -0.15) is 0 Å². The molecule has 0 aliphatic rings. The summed E-state index contributed by atoms with van der Waals surface area (Å²) < 4.78 is 11.5. The second-order valence-electron chi connectivity index (χ2n) is 6.51. The maximum atomic E-state index is 12.4. The van der Waals surface area contributed by atoms with Gasteiger partial charge >= 0.3 is 5.97 Å². The highest BCUT2D eigenvalue weighted by Gasteiger charge is 2.18. The molecule has 0 radical (unpaired) electrons.